The minimum absolute atomic E-state index is 0.0217. The second-order valence-electron chi connectivity index (χ2n) is 7.17. The molecule has 0 aliphatic carbocycles. The van der Waals surface area contributed by atoms with Gasteiger partial charge in [-0.2, -0.15) is 0 Å². The van der Waals surface area contributed by atoms with Crippen molar-refractivity contribution in [3.05, 3.63) is 34.9 Å². The summed E-state index contributed by atoms with van der Waals surface area (Å²) in [5.41, 5.74) is 1.14. The first-order chi connectivity index (χ1) is 10.9. The van der Waals surface area contributed by atoms with Crippen LogP contribution in [0.2, 0.25) is 5.02 Å². The smallest absolute Gasteiger partial charge is 0.191 e. The van der Waals surface area contributed by atoms with Crippen molar-refractivity contribution in [2.45, 2.75) is 44.6 Å². The Kier molecular flexibility index (Phi) is 5.93. The number of rotatable bonds is 3. The van der Waals surface area contributed by atoms with Gasteiger partial charge in [0.2, 0.25) is 0 Å². The second-order valence-corrected chi connectivity index (χ2v) is 7.58. The molecule has 1 aromatic carbocycles. The van der Waals surface area contributed by atoms with Gasteiger partial charge in [0.15, 0.2) is 5.96 Å². The van der Waals surface area contributed by atoms with Crippen LogP contribution in [0.4, 0.5) is 0 Å². The topological polar surface area (TPSA) is 45.7 Å². The lowest BCUT2D eigenvalue weighted by atomic mass is 9.74. The van der Waals surface area contributed by atoms with Crippen LogP contribution in [0, 0.1) is 0 Å². The van der Waals surface area contributed by atoms with Crippen LogP contribution < -0.4 is 10.6 Å². The summed E-state index contributed by atoms with van der Waals surface area (Å²) < 4.78 is 5.58. The Balaban J connectivity index is 2.18. The summed E-state index contributed by atoms with van der Waals surface area (Å²) in [4.78, 5) is 4.34. The molecule has 0 amide bonds. The van der Waals surface area contributed by atoms with E-state index in [1.54, 1.807) is 7.05 Å². The molecule has 1 fully saturated rings. The molecule has 128 valence electrons. The van der Waals surface area contributed by atoms with Crippen LogP contribution in [0.25, 0.3) is 0 Å². The highest BCUT2D eigenvalue weighted by Gasteiger charge is 2.36. The van der Waals surface area contributed by atoms with Gasteiger partial charge in [0.05, 0.1) is 0 Å². The van der Waals surface area contributed by atoms with Crippen LogP contribution in [-0.4, -0.2) is 38.3 Å². The summed E-state index contributed by atoms with van der Waals surface area (Å²) in [7, 11) is 1.80. The Hall–Kier alpha value is -1.26. The highest BCUT2D eigenvalue weighted by atomic mass is 35.5. The van der Waals surface area contributed by atoms with Crippen molar-refractivity contribution in [2.24, 2.45) is 4.99 Å². The molecule has 4 nitrogen and oxygen atoms in total. The molecule has 1 aliphatic rings. The number of guanidine groups is 1. The summed E-state index contributed by atoms with van der Waals surface area (Å²) >= 11 is 6.49. The minimum atomic E-state index is -0.0327. The van der Waals surface area contributed by atoms with Crippen molar-refractivity contribution in [3.63, 3.8) is 0 Å². The maximum Gasteiger partial charge on any atom is 0.191 e. The predicted octanol–water partition coefficient (Wildman–Crippen LogP) is 3.35. The van der Waals surface area contributed by atoms with Gasteiger partial charge in [-0.15, -0.1) is 0 Å². The maximum atomic E-state index is 6.49. The van der Waals surface area contributed by atoms with Gasteiger partial charge in [-0.3, -0.25) is 4.99 Å². The highest BCUT2D eigenvalue weighted by molar-refractivity contribution is 6.31. The molecule has 2 rings (SSSR count). The summed E-state index contributed by atoms with van der Waals surface area (Å²) in [5, 5.41) is 7.72. The number of hydrogen-bond donors (Lipinski definition) is 2. The van der Waals surface area contributed by atoms with Crippen LogP contribution in [0.15, 0.2) is 29.3 Å². The SMILES string of the molecule is CN=C(NCC1(c2ccccc2Cl)CCOCC1)NC(C)(C)C. The lowest BCUT2D eigenvalue weighted by Crippen LogP contribution is -2.52. The number of aliphatic imine (C=N–C) groups is 1. The standard InChI is InChI=1S/C18H28ClN3O/c1-17(2,3)22-16(20-4)21-13-18(9-11-23-12-10-18)14-7-5-6-8-15(14)19/h5-8H,9-13H2,1-4H3,(H2,20,21,22). The minimum Gasteiger partial charge on any atom is -0.381 e. The molecule has 0 spiro atoms. The number of hydrogen-bond acceptors (Lipinski definition) is 2. The first kappa shape index (κ1) is 18.1. The Morgan fingerprint density at radius 2 is 1.91 bits per heavy atom. The van der Waals surface area contributed by atoms with E-state index in [0.29, 0.717) is 0 Å². The Morgan fingerprint density at radius 1 is 1.26 bits per heavy atom. The van der Waals surface area contributed by atoms with E-state index in [-0.39, 0.29) is 11.0 Å². The molecule has 1 aliphatic heterocycles. The Bertz CT molecular complexity index is 545. The van der Waals surface area contributed by atoms with E-state index in [2.05, 4.69) is 48.5 Å². The number of nitrogens with zero attached hydrogens (tertiary/aromatic N) is 1. The van der Waals surface area contributed by atoms with Gasteiger partial charge >= 0.3 is 0 Å². The van der Waals surface area contributed by atoms with Gasteiger partial charge in [0, 0.05) is 42.8 Å². The van der Waals surface area contributed by atoms with E-state index < -0.39 is 0 Å². The molecule has 0 bridgehead atoms. The van der Waals surface area contributed by atoms with Crippen molar-refractivity contribution in [2.75, 3.05) is 26.8 Å². The third-order valence-electron chi connectivity index (χ3n) is 4.21. The summed E-state index contributed by atoms with van der Waals surface area (Å²) in [6, 6.07) is 8.14. The molecule has 0 unspecified atom stereocenters. The Morgan fingerprint density at radius 3 is 2.48 bits per heavy atom. The van der Waals surface area contributed by atoms with Crippen molar-refractivity contribution in [1.82, 2.24) is 10.6 Å². The first-order valence-corrected chi connectivity index (χ1v) is 8.56. The van der Waals surface area contributed by atoms with E-state index >= 15 is 0 Å². The zero-order valence-electron chi connectivity index (χ0n) is 14.6. The molecular formula is C18H28ClN3O. The van der Waals surface area contributed by atoms with Gasteiger partial charge in [0.1, 0.15) is 0 Å². The van der Waals surface area contributed by atoms with Crippen molar-refractivity contribution >= 4 is 17.6 Å². The zero-order chi connectivity index (χ0) is 16.9. The van der Waals surface area contributed by atoms with Crippen molar-refractivity contribution in [3.8, 4) is 0 Å². The highest BCUT2D eigenvalue weighted by Crippen LogP contribution is 2.38. The van der Waals surface area contributed by atoms with Crippen LogP contribution in [0.1, 0.15) is 39.2 Å². The van der Waals surface area contributed by atoms with Gasteiger partial charge in [-0.05, 0) is 45.2 Å². The normalized spacial score (nSPS) is 18.6. The summed E-state index contributed by atoms with van der Waals surface area (Å²) in [6.45, 7) is 8.68. The third kappa shape index (κ3) is 4.85. The molecule has 1 aromatic rings. The average molecular weight is 338 g/mol. The fourth-order valence-electron chi connectivity index (χ4n) is 2.98. The van der Waals surface area contributed by atoms with Crippen LogP contribution in [0.5, 0.6) is 0 Å². The molecule has 0 atom stereocenters. The number of benzene rings is 1. The molecule has 0 radical (unpaired) electrons. The molecule has 23 heavy (non-hydrogen) atoms. The second kappa shape index (κ2) is 7.54. The fraction of sp³-hybridized carbons (Fsp3) is 0.611. The lowest BCUT2D eigenvalue weighted by Gasteiger charge is -2.39. The fourth-order valence-corrected chi connectivity index (χ4v) is 3.32. The summed E-state index contributed by atoms with van der Waals surface area (Å²) in [6.07, 6.45) is 1.91. The number of nitrogens with one attached hydrogen (secondary N) is 2. The zero-order valence-corrected chi connectivity index (χ0v) is 15.3. The van der Waals surface area contributed by atoms with Gasteiger partial charge in [-0.25, -0.2) is 0 Å². The van der Waals surface area contributed by atoms with Crippen LogP contribution in [-0.2, 0) is 10.2 Å². The van der Waals surface area contributed by atoms with E-state index in [1.807, 2.05) is 12.1 Å². The van der Waals surface area contributed by atoms with E-state index in [9.17, 15) is 0 Å². The maximum absolute atomic E-state index is 6.49. The van der Waals surface area contributed by atoms with Crippen LogP contribution in [0.3, 0.4) is 0 Å². The monoisotopic (exact) mass is 337 g/mol. The van der Waals surface area contributed by atoms with Gasteiger partial charge in [-0.1, -0.05) is 29.8 Å². The molecule has 2 N–H and O–H groups in total. The average Bonchev–Trinajstić information content (AvgIpc) is 2.51. The molecule has 0 saturated carbocycles. The lowest BCUT2D eigenvalue weighted by molar-refractivity contribution is 0.0514. The first-order valence-electron chi connectivity index (χ1n) is 8.18. The van der Waals surface area contributed by atoms with Gasteiger partial charge < -0.3 is 15.4 Å². The van der Waals surface area contributed by atoms with Gasteiger partial charge in [0.25, 0.3) is 0 Å². The predicted molar refractivity (Wildman–Crippen MR) is 97.4 cm³/mol. The Labute approximate surface area is 144 Å². The van der Waals surface area contributed by atoms with E-state index in [1.165, 1.54) is 5.56 Å². The van der Waals surface area contributed by atoms with Crippen molar-refractivity contribution < 1.29 is 4.74 Å². The number of ether oxygens (including phenoxy) is 1. The van der Waals surface area contributed by atoms with E-state index in [4.69, 9.17) is 16.3 Å². The molecular weight excluding hydrogens is 310 g/mol. The largest absolute Gasteiger partial charge is 0.381 e. The third-order valence-corrected chi connectivity index (χ3v) is 4.54. The summed E-state index contributed by atoms with van der Waals surface area (Å²) in [5.74, 6) is 0.815. The van der Waals surface area contributed by atoms with E-state index in [0.717, 1.165) is 43.6 Å². The number of halogens is 1. The molecule has 0 aromatic heterocycles. The molecule has 1 saturated heterocycles. The van der Waals surface area contributed by atoms with Crippen LogP contribution >= 0.6 is 11.6 Å². The molecule has 1 heterocycles. The van der Waals surface area contributed by atoms with Crippen molar-refractivity contribution in [1.29, 1.82) is 0 Å². The quantitative estimate of drug-likeness (QED) is 0.656. The molecule has 5 heteroatoms.